The predicted octanol–water partition coefficient (Wildman–Crippen LogP) is 2.31. The number of carboxylic acid groups (broad SMARTS) is 1. The molecular weight excluding hydrogens is 298 g/mol. The SMILES string of the molecule is COc1ccc(Br)cc1CCNCC(C)C(=O)O. The van der Waals surface area contributed by atoms with E-state index in [2.05, 4.69) is 21.2 Å². The van der Waals surface area contributed by atoms with E-state index in [1.54, 1.807) is 14.0 Å². The second-order valence-corrected chi connectivity index (χ2v) is 5.07. The number of methoxy groups -OCH3 is 1. The molecule has 1 rings (SSSR count). The van der Waals surface area contributed by atoms with Gasteiger partial charge in [0.05, 0.1) is 13.0 Å². The van der Waals surface area contributed by atoms with Crippen molar-refractivity contribution in [2.75, 3.05) is 20.2 Å². The molecule has 1 aromatic rings. The van der Waals surface area contributed by atoms with Gasteiger partial charge in [-0.25, -0.2) is 0 Å². The molecule has 0 radical (unpaired) electrons. The zero-order valence-corrected chi connectivity index (χ0v) is 12.2. The third kappa shape index (κ3) is 4.66. The van der Waals surface area contributed by atoms with E-state index in [1.807, 2.05) is 18.2 Å². The average molecular weight is 316 g/mol. The van der Waals surface area contributed by atoms with Crippen LogP contribution >= 0.6 is 15.9 Å². The Morgan fingerprint density at radius 3 is 2.89 bits per heavy atom. The summed E-state index contributed by atoms with van der Waals surface area (Å²) in [5.41, 5.74) is 1.10. The fourth-order valence-electron chi connectivity index (χ4n) is 1.57. The first-order valence-electron chi connectivity index (χ1n) is 5.80. The normalized spacial score (nSPS) is 12.2. The van der Waals surface area contributed by atoms with Gasteiger partial charge in [0, 0.05) is 11.0 Å². The third-order valence-electron chi connectivity index (χ3n) is 2.69. The van der Waals surface area contributed by atoms with E-state index in [-0.39, 0.29) is 5.92 Å². The number of hydrogen-bond donors (Lipinski definition) is 2. The van der Waals surface area contributed by atoms with E-state index in [1.165, 1.54) is 0 Å². The van der Waals surface area contributed by atoms with E-state index in [9.17, 15) is 4.79 Å². The fraction of sp³-hybridized carbons (Fsp3) is 0.462. The number of carboxylic acids is 1. The highest BCUT2D eigenvalue weighted by molar-refractivity contribution is 9.10. The molecule has 1 atom stereocenters. The fourth-order valence-corrected chi connectivity index (χ4v) is 1.98. The van der Waals surface area contributed by atoms with Crippen molar-refractivity contribution >= 4 is 21.9 Å². The Balaban J connectivity index is 2.43. The molecule has 4 nitrogen and oxygen atoms in total. The Labute approximate surface area is 115 Å². The molecule has 18 heavy (non-hydrogen) atoms. The van der Waals surface area contributed by atoms with Crippen molar-refractivity contribution in [1.29, 1.82) is 0 Å². The topological polar surface area (TPSA) is 58.6 Å². The summed E-state index contributed by atoms with van der Waals surface area (Å²) in [7, 11) is 1.65. The largest absolute Gasteiger partial charge is 0.496 e. The summed E-state index contributed by atoms with van der Waals surface area (Å²) in [4.78, 5) is 10.6. The molecule has 2 N–H and O–H groups in total. The summed E-state index contributed by atoms with van der Waals surface area (Å²) in [5.74, 6) is -0.289. The van der Waals surface area contributed by atoms with E-state index in [0.717, 1.165) is 28.8 Å². The second-order valence-electron chi connectivity index (χ2n) is 4.15. The molecule has 100 valence electrons. The van der Waals surface area contributed by atoms with Crippen LogP contribution in [0.15, 0.2) is 22.7 Å². The first-order chi connectivity index (χ1) is 8.54. The number of ether oxygens (including phenoxy) is 1. The molecule has 0 fully saturated rings. The van der Waals surface area contributed by atoms with Crippen LogP contribution in [-0.2, 0) is 11.2 Å². The number of rotatable bonds is 7. The van der Waals surface area contributed by atoms with Gasteiger partial charge in [0.15, 0.2) is 0 Å². The summed E-state index contributed by atoms with van der Waals surface area (Å²) in [6.07, 6.45) is 0.801. The number of nitrogens with one attached hydrogen (secondary N) is 1. The molecule has 0 aliphatic rings. The van der Waals surface area contributed by atoms with Crippen LogP contribution in [0.25, 0.3) is 0 Å². The maximum Gasteiger partial charge on any atom is 0.307 e. The van der Waals surface area contributed by atoms with Gasteiger partial charge in [0.2, 0.25) is 0 Å². The van der Waals surface area contributed by atoms with E-state index in [4.69, 9.17) is 9.84 Å². The maximum atomic E-state index is 10.6. The Bertz CT molecular complexity index is 409. The number of benzene rings is 1. The van der Waals surface area contributed by atoms with Crippen molar-refractivity contribution in [3.05, 3.63) is 28.2 Å². The molecule has 0 saturated heterocycles. The predicted molar refractivity (Wildman–Crippen MR) is 74.1 cm³/mol. The zero-order valence-electron chi connectivity index (χ0n) is 10.6. The smallest absolute Gasteiger partial charge is 0.307 e. The van der Waals surface area contributed by atoms with E-state index < -0.39 is 5.97 Å². The maximum absolute atomic E-state index is 10.6. The molecule has 0 aromatic heterocycles. The van der Waals surface area contributed by atoms with Crippen molar-refractivity contribution in [2.45, 2.75) is 13.3 Å². The summed E-state index contributed by atoms with van der Waals surface area (Å²) < 4.78 is 6.29. The molecule has 0 spiro atoms. The van der Waals surface area contributed by atoms with E-state index >= 15 is 0 Å². The Kier molecular flexibility index (Phi) is 6.15. The van der Waals surface area contributed by atoms with Gasteiger partial charge < -0.3 is 15.2 Å². The van der Waals surface area contributed by atoms with Crippen molar-refractivity contribution < 1.29 is 14.6 Å². The summed E-state index contributed by atoms with van der Waals surface area (Å²) in [6, 6.07) is 5.86. The van der Waals surface area contributed by atoms with Crippen molar-refractivity contribution in [1.82, 2.24) is 5.32 Å². The van der Waals surface area contributed by atoms with Gasteiger partial charge in [-0.3, -0.25) is 4.79 Å². The van der Waals surface area contributed by atoms with Crippen molar-refractivity contribution in [2.24, 2.45) is 5.92 Å². The van der Waals surface area contributed by atoms with Gasteiger partial charge in [-0.05, 0) is 36.7 Å². The summed E-state index contributed by atoms with van der Waals surface area (Å²) in [6.45, 7) is 2.89. The minimum Gasteiger partial charge on any atom is -0.496 e. The molecular formula is C13H18BrNO3. The quantitative estimate of drug-likeness (QED) is 0.758. The highest BCUT2D eigenvalue weighted by atomic mass is 79.9. The standard InChI is InChI=1S/C13H18BrNO3/c1-9(13(16)17)8-15-6-5-10-7-11(14)3-4-12(10)18-2/h3-4,7,9,15H,5-6,8H2,1-2H3,(H,16,17). The lowest BCUT2D eigenvalue weighted by molar-refractivity contribution is -0.140. The second kappa shape index (κ2) is 7.38. The lowest BCUT2D eigenvalue weighted by Crippen LogP contribution is -2.27. The number of aliphatic carboxylic acids is 1. The van der Waals surface area contributed by atoms with Gasteiger partial charge in [-0.15, -0.1) is 0 Å². The Morgan fingerprint density at radius 2 is 2.28 bits per heavy atom. The van der Waals surface area contributed by atoms with Crippen LogP contribution in [0.5, 0.6) is 5.75 Å². The highest BCUT2D eigenvalue weighted by Gasteiger charge is 2.09. The number of carbonyl (C=O) groups is 1. The molecule has 0 saturated carbocycles. The van der Waals surface area contributed by atoms with Crippen molar-refractivity contribution in [3.63, 3.8) is 0 Å². The highest BCUT2D eigenvalue weighted by Crippen LogP contribution is 2.23. The van der Waals surface area contributed by atoms with Crippen LogP contribution in [0, 0.1) is 5.92 Å². The molecule has 0 bridgehead atoms. The van der Waals surface area contributed by atoms with E-state index in [0.29, 0.717) is 6.54 Å². The van der Waals surface area contributed by atoms with Crippen LogP contribution in [0.1, 0.15) is 12.5 Å². The minimum atomic E-state index is -0.775. The molecule has 0 heterocycles. The van der Waals surface area contributed by atoms with Gasteiger partial charge in [0.25, 0.3) is 0 Å². The van der Waals surface area contributed by atoms with Crippen LogP contribution < -0.4 is 10.1 Å². The third-order valence-corrected chi connectivity index (χ3v) is 3.18. The molecule has 0 amide bonds. The van der Waals surface area contributed by atoms with Gasteiger partial charge >= 0.3 is 5.97 Å². The monoisotopic (exact) mass is 315 g/mol. The Morgan fingerprint density at radius 1 is 1.56 bits per heavy atom. The summed E-state index contributed by atoms with van der Waals surface area (Å²) >= 11 is 3.42. The summed E-state index contributed by atoms with van der Waals surface area (Å²) in [5, 5.41) is 11.9. The molecule has 1 aromatic carbocycles. The Hall–Kier alpha value is -1.07. The molecule has 0 aliphatic heterocycles. The zero-order chi connectivity index (χ0) is 13.5. The van der Waals surface area contributed by atoms with Gasteiger partial charge in [-0.2, -0.15) is 0 Å². The first kappa shape index (κ1) is 15.0. The van der Waals surface area contributed by atoms with Gasteiger partial charge in [0.1, 0.15) is 5.75 Å². The number of hydrogen-bond acceptors (Lipinski definition) is 3. The molecule has 0 aliphatic carbocycles. The molecule has 5 heteroatoms. The number of halogens is 1. The van der Waals surface area contributed by atoms with Crippen LogP contribution in [0.2, 0.25) is 0 Å². The van der Waals surface area contributed by atoms with Crippen LogP contribution in [0.3, 0.4) is 0 Å². The minimum absolute atomic E-state index is 0.366. The van der Waals surface area contributed by atoms with Crippen LogP contribution in [-0.4, -0.2) is 31.3 Å². The average Bonchev–Trinajstić information content (AvgIpc) is 2.34. The van der Waals surface area contributed by atoms with Crippen LogP contribution in [0.4, 0.5) is 0 Å². The lowest BCUT2D eigenvalue weighted by Gasteiger charge is -2.11. The lowest BCUT2D eigenvalue weighted by atomic mass is 10.1. The molecule has 1 unspecified atom stereocenters. The van der Waals surface area contributed by atoms with Crippen molar-refractivity contribution in [3.8, 4) is 5.75 Å². The first-order valence-corrected chi connectivity index (χ1v) is 6.60. The van der Waals surface area contributed by atoms with Gasteiger partial charge in [-0.1, -0.05) is 22.9 Å².